The maximum absolute atomic E-state index is 12.6. The van der Waals surface area contributed by atoms with Gasteiger partial charge < -0.3 is 4.74 Å². The molecule has 0 bridgehead atoms. The molecule has 2 atom stereocenters. The smallest absolute Gasteiger partial charge is 0.140 e. The van der Waals surface area contributed by atoms with Crippen LogP contribution in [0.2, 0.25) is 0 Å². The Morgan fingerprint density at radius 2 is 1.38 bits per heavy atom. The highest BCUT2D eigenvalue weighted by atomic mass is 16.5. The molecule has 0 amide bonds. The van der Waals surface area contributed by atoms with Crippen molar-refractivity contribution in [3.8, 4) is 16.9 Å². The van der Waals surface area contributed by atoms with Gasteiger partial charge in [0.05, 0.1) is 6.61 Å². The zero-order valence-corrected chi connectivity index (χ0v) is 20.3. The molecule has 32 heavy (non-hydrogen) atoms. The molecule has 2 aromatic carbocycles. The second kappa shape index (κ2) is 13.5. The van der Waals surface area contributed by atoms with Crippen LogP contribution in [-0.4, -0.2) is 12.4 Å². The van der Waals surface area contributed by atoms with Crippen LogP contribution in [0.4, 0.5) is 0 Å². The average molecular weight is 435 g/mol. The Hall–Kier alpha value is -2.09. The van der Waals surface area contributed by atoms with Crippen molar-refractivity contribution in [2.45, 2.75) is 96.8 Å². The zero-order valence-electron chi connectivity index (χ0n) is 20.3. The Bertz CT molecular complexity index is 791. The van der Waals surface area contributed by atoms with Crippen LogP contribution in [0.3, 0.4) is 0 Å². The molecule has 1 aliphatic carbocycles. The highest BCUT2D eigenvalue weighted by Gasteiger charge is 2.29. The van der Waals surface area contributed by atoms with Crippen molar-refractivity contribution in [1.82, 2.24) is 0 Å². The third-order valence-corrected chi connectivity index (χ3v) is 6.96. The second-order valence-corrected chi connectivity index (χ2v) is 9.57. The van der Waals surface area contributed by atoms with Gasteiger partial charge in [-0.05, 0) is 54.0 Å². The van der Waals surface area contributed by atoms with Crippen LogP contribution in [0.25, 0.3) is 11.1 Å². The molecule has 1 saturated carbocycles. The van der Waals surface area contributed by atoms with Gasteiger partial charge >= 0.3 is 0 Å². The van der Waals surface area contributed by atoms with E-state index in [4.69, 9.17) is 4.74 Å². The first-order chi connectivity index (χ1) is 15.7. The molecular weight excluding hydrogens is 392 g/mol. The van der Waals surface area contributed by atoms with E-state index in [9.17, 15) is 4.79 Å². The largest absolute Gasteiger partial charge is 0.494 e. The Morgan fingerprint density at radius 1 is 0.750 bits per heavy atom. The Labute approximate surface area is 195 Å². The van der Waals surface area contributed by atoms with Crippen molar-refractivity contribution in [1.29, 1.82) is 0 Å². The fraction of sp³-hybridized carbons (Fsp3) is 0.567. The van der Waals surface area contributed by atoms with Crippen LogP contribution >= 0.6 is 0 Å². The summed E-state index contributed by atoms with van der Waals surface area (Å²) >= 11 is 0. The molecule has 0 aromatic heterocycles. The molecule has 0 radical (unpaired) electrons. The van der Waals surface area contributed by atoms with Crippen molar-refractivity contribution in [2.24, 2.45) is 5.92 Å². The summed E-state index contributed by atoms with van der Waals surface area (Å²) in [5.74, 6) is 2.09. The lowest BCUT2D eigenvalue weighted by Crippen LogP contribution is -2.23. The maximum atomic E-state index is 12.6. The number of hydrogen-bond acceptors (Lipinski definition) is 2. The molecule has 0 aliphatic heterocycles. The minimum absolute atomic E-state index is 0.0968. The summed E-state index contributed by atoms with van der Waals surface area (Å²) in [5.41, 5.74) is 3.57. The summed E-state index contributed by atoms with van der Waals surface area (Å²) in [6, 6.07) is 17.1. The standard InChI is InChI=1S/C30H42O2/c1-3-5-6-7-8-9-10-22-32-28-19-17-26(18-20-28)25-13-15-27(16-14-25)29-21-12-24(11-4-2)23-30(29)31/h13-20,24,29H,3-12,21-23H2,1-2H3/t24-,29+/m1/s1. The van der Waals surface area contributed by atoms with Crippen molar-refractivity contribution < 1.29 is 9.53 Å². The number of ether oxygens (including phenoxy) is 1. The number of rotatable bonds is 13. The molecule has 2 nitrogen and oxygen atoms in total. The molecule has 174 valence electrons. The fourth-order valence-electron chi connectivity index (χ4n) is 5.00. The normalized spacial score (nSPS) is 18.6. The number of Topliss-reactive ketones (excluding diaryl/α,β-unsaturated/α-hetero) is 1. The first-order valence-electron chi connectivity index (χ1n) is 13.1. The van der Waals surface area contributed by atoms with Gasteiger partial charge in [-0.2, -0.15) is 0 Å². The van der Waals surface area contributed by atoms with E-state index in [1.165, 1.54) is 74.5 Å². The monoisotopic (exact) mass is 434 g/mol. The summed E-state index contributed by atoms with van der Waals surface area (Å²) < 4.78 is 5.92. The third-order valence-electron chi connectivity index (χ3n) is 6.96. The lowest BCUT2D eigenvalue weighted by molar-refractivity contribution is -0.123. The topological polar surface area (TPSA) is 26.3 Å². The SMILES string of the molecule is CCCCCCCCCOc1ccc(-c2ccc([C@@H]3CC[C@@H](CCC)CC3=O)cc2)cc1. The van der Waals surface area contributed by atoms with Gasteiger partial charge in [-0.1, -0.05) is 102 Å². The van der Waals surface area contributed by atoms with E-state index >= 15 is 0 Å². The number of carbonyl (C=O) groups excluding carboxylic acids is 1. The first-order valence-corrected chi connectivity index (χ1v) is 13.1. The van der Waals surface area contributed by atoms with E-state index < -0.39 is 0 Å². The van der Waals surface area contributed by atoms with Crippen molar-refractivity contribution in [3.63, 3.8) is 0 Å². The molecule has 0 saturated heterocycles. The highest BCUT2D eigenvalue weighted by Crippen LogP contribution is 2.36. The number of hydrogen-bond donors (Lipinski definition) is 0. The molecule has 0 spiro atoms. The lowest BCUT2D eigenvalue weighted by Gasteiger charge is -2.27. The first kappa shape index (κ1) is 24.6. The summed E-state index contributed by atoms with van der Waals surface area (Å²) in [4.78, 5) is 12.6. The van der Waals surface area contributed by atoms with Crippen molar-refractivity contribution >= 4 is 5.78 Å². The minimum Gasteiger partial charge on any atom is -0.494 e. The van der Waals surface area contributed by atoms with Gasteiger partial charge in [-0.15, -0.1) is 0 Å². The summed E-state index contributed by atoms with van der Waals surface area (Å²) in [5, 5.41) is 0. The van der Waals surface area contributed by atoms with Gasteiger partial charge in [0.15, 0.2) is 0 Å². The zero-order chi connectivity index (χ0) is 22.6. The molecule has 2 heteroatoms. The third kappa shape index (κ3) is 7.50. The van der Waals surface area contributed by atoms with Gasteiger partial charge in [0.25, 0.3) is 0 Å². The summed E-state index contributed by atoms with van der Waals surface area (Å²) in [6.45, 7) is 5.27. The van der Waals surface area contributed by atoms with Gasteiger partial charge in [0.2, 0.25) is 0 Å². The summed E-state index contributed by atoms with van der Waals surface area (Å²) in [6.07, 6.45) is 14.4. The molecule has 0 N–H and O–H groups in total. The number of benzene rings is 2. The number of ketones is 1. The predicted octanol–water partition coefficient (Wildman–Crippen LogP) is 8.74. The van der Waals surface area contributed by atoms with Crippen LogP contribution in [0.1, 0.15) is 102 Å². The molecule has 2 aromatic rings. The molecule has 0 unspecified atom stereocenters. The van der Waals surface area contributed by atoms with Gasteiger partial charge in [0, 0.05) is 12.3 Å². The Balaban J connectivity index is 1.44. The Kier molecular flexibility index (Phi) is 10.3. The van der Waals surface area contributed by atoms with E-state index in [1.807, 2.05) is 0 Å². The molecule has 1 fully saturated rings. The molecule has 1 aliphatic rings. The number of unbranched alkanes of at least 4 members (excludes halogenated alkanes) is 6. The average Bonchev–Trinajstić information content (AvgIpc) is 2.82. The molecule has 3 rings (SSSR count). The molecular formula is C30H42O2. The van der Waals surface area contributed by atoms with E-state index in [1.54, 1.807) is 0 Å². The molecule has 0 heterocycles. The van der Waals surface area contributed by atoms with Crippen LogP contribution < -0.4 is 4.74 Å². The fourth-order valence-corrected chi connectivity index (χ4v) is 5.00. The quantitative estimate of drug-likeness (QED) is 0.295. The summed E-state index contributed by atoms with van der Waals surface area (Å²) in [7, 11) is 0. The van der Waals surface area contributed by atoms with Crippen LogP contribution in [0.15, 0.2) is 48.5 Å². The van der Waals surface area contributed by atoms with Crippen molar-refractivity contribution in [3.05, 3.63) is 54.1 Å². The van der Waals surface area contributed by atoms with Crippen LogP contribution in [0.5, 0.6) is 5.75 Å². The lowest BCUT2D eigenvalue weighted by atomic mass is 9.76. The Morgan fingerprint density at radius 3 is 2.00 bits per heavy atom. The van der Waals surface area contributed by atoms with Crippen LogP contribution in [-0.2, 0) is 4.79 Å². The van der Waals surface area contributed by atoms with E-state index in [2.05, 4.69) is 62.4 Å². The van der Waals surface area contributed by atoms with E-state index in [-0.39, 0.29) is 5.92 Å². The highest BCUT2D eigenvalue weighted by molar-refractivity contribution is 5.86. The number of carbonyl (C=O) groups is 1. The van der Waals surface area contributed by atoms with Crippen molar-refractivity contribution in [2.75, 3.05) is 6.61 Å². The van der Waals surface area contributed by atoms with Gasteiger partial charge in [-0.3, -0.25) is 4.79 Å². The van der Waals surface area contributed by atoms with Gasteiger partial charge in [0.1, 0.15) is 11.5 Å². The van der Waals surface area contributed by atoms with Gasteiger partial charge in [-0.25, -0.2) is 0 Å². The second-order valence-electron chi connectivity index (χ2n) is 9.57. The minimum atomic E-state index is 0.0968. The van der Waals surface area contributed by atoms with E-state index in [0.29, 0.717) is 11.7 Å². The maximum Gasteiger partial charge on any atom is 0.140 e. The van der Waals surface area contributed by atoms with E-state index in [0.717, 1.165) is 31.6 Å². The predicted molar refractivity (Wildman–Crippen MR) is 135 cm³/mol. The van der Waals surface area contributed by atoms with Crippen LogP contribution in [0, 0.1) is 5.92 Å².